The number of hydrogen-bond donors (Lipinski definition) is 1. The third kappa shape index (κ3) is 4.47. The standard InChI is InChI=1S/C13H9NO.C7H13N.ClH/c1-2-6-10(7-3-1)13-11-8-4-5-9-12(11)15-14-13;8-6-7-4-2-1-3-5-7;/h1-9H;1-2,7H,3-6,8H2;1H. The lowest BCUT2D eigenvalue weighted by Crippen LogP contribution is -2.14. The SMILES string of the molecule is Cl.NCC1CC=CCC1.c1ccc(-c2noc3ccccc23)cc1. The van der Waals surface area contributed by atoms with Crippen LogP contribution in [0.3, 0.4) is 0 Å². The molecule has 2 N–H and O–H groups in total. The van der Waals surface area contributed by atoms with Crippen LogP contribution in [0.4, 0.5) is 0 Å². The topological polar surface area (TPSA) is 52.0 Å². The van der Waals surface area contributed by atoms with Crippen LogP contribution in [0, 0.1) is 5.92 Å². The van der Waals surface area contributed by atoms with E-state index < -0.39 is 0 Å². The van der Waals surface area contributed by atoms with Gasteiger partial charge in [-0.15, -0.1) is 12.4 Å². The number of rotatable bonds is 2. The fraction of sp³-hybridized carbons (Fsp3) is 0.250. The summed E-state index contributed by atoms with van der Waals surface area (Å²) in [5.41, 5.74) is 8.29. The predicted molar refractivity (Wildman–Crippen MR) is 102 cm³/mol. The van der Waals surface area contributed by atoms with Gasteiger partial charge in [-0.2, -0.15) is 0 Å². The molecule has 4 heteroatoms. The molecule has 0 fully saturated rings. The van der Waals surface area contributed by atoms with E-state index in [9.17, 15) is 0 Å². The monoisotopic (exact) mass is 342 g/mol. The molecule has 0 bridgehead atoms. The number of nitrogens with two attached hydrogens (primary N) is 1. The molecule has 0 spiro atoms. The molecule has 3 aromatic rings. The van der Waals surface area contributed by atoms with Gasteiger partial charge in [0.05, 0.1) is 0 Å². The Morgan fingerprint density at radius 2 is 1.75 bits per heavy atom. The molecule has 3 nitrogen and oxygen atoms in total. The van der Waals surface area contributed by atoms with E-state index >= 15 is 0 Å². The third-order valence-corrected chi connectivity index (χ3v) is 4.14. The van der Waals surface area contributed by atoms with Crippen molar-refractivity contribution < 1.29 is 4.52 Å². The molecule has 1 heterocycles. The van der Waals surface area contributed by atoms with E-state index in [1.807, 2.05) is 54.6 Å². The molecule has 1 aliphatic rings. The van der Waals surface area contributed by atoms with Crippen molar-refractivity contribution in [2.45, 2.75) is 19.3 Å². The van der Waals surface area contributed by atoms with Crippen LogP contribution in [0.15, 0.2) is 71.3 Å². The highest BCUT2D eigenvalue weighted by molar-refractivity contribution is 5.91. The highest BCUT2D eigenvalue weighted by atomic mass is 35.5. The molecule has 1 atom stereocenters. The molecule has 0 saturated heterocycles. The number of para-hydroxylation sites is 1. The summed E-state index contributed by atoms with van der Waals surface area (Å²) in [5.74, 6) is 0.778. The van der Waals surface area contributed by atoms with Gasteiger partial charge >= 0.3 is 0 Å². The Balaban J connectivity index is 0.000000199. The summed E-state index contributed by atoms with van der Waals surface area (Å²) >= 11 is 0. The highest BCUT2D eigenvalue weighted by Crippen LogP contribution is 2.27. The Kier molecular flexibility index (Phi) is 7.04. The van der Waals surface area contributed by atoms with Gasteiger partial charge in [-0.25, -0.2) is 0 Å². The van der Waals surface area contributed by atoms with Gasteiger partial charge in [-0.3, -0.25) is 0 Å². The summed E-state index contributed by atoms with van der Waals surface area (Å²) in [6.07, 6.45) is 8.22. The summed E-state index contributed by atoms with van der Waals surface area (Å²) in [6, 6.07) is 17.9. The quantitative estimate of drug-likeness (QED) is 0.650. The zero-order valence-corrected chi connectivity index (χ0v) is 14.4. The molecule has 2 aromatic carbocycles. The van der Waals surface area contributed by atoms with Gasteiger partial charge in [0, 0.05) is 10.9 Å². The molecule has 4 rings (SSSR count). The second-order valence-electron chi connectivity index (χ2n) is 5.78. The van der Waals surface area contributed by atoms with Crippen LogP contribution in [0.25, 0.3) is 22.2 Å². The normalized spacial score (nSPS) is 16.1. The maximum Gasteiger partial charge on any atom is 0.167 e. The number of nitrogens with zero attached hydrogens (tertiary/aromatic N) is 1. The van der Waals surface area contributed by atoms with Crippen LogP contribution in [0.1, 0.15) is 19.3 Å². The Labute approximate surface area is 148 Å². The lowest BCUT2D eigenvalue weighted by atomic mass is 9.95. The van der Waals surface area contributed by atoms with E-state index in [-0.39, 0.29) is 12.4 Å². The van der Waals surface area contributed by atoms with Crippen molar-refractivity contribution in [3.63, 3.8) is 0 Å². The van der Waals surface area contributed by atoms with Gasteiger partial charge in [0.1, 0.15) is 5.69 Å². The summed E-state index contributed by atoms with van der Waals surface area (Å²) < 4.78 is 5.25. The van der Waals surface area contributed by atoms with Gasteiger partial charge in [-0.1, -0.05) is 59.8 Å². The molecule has 0 saturated carbocycles. The summed E-state index contributed by atoms with van der Waals surface area (Å²) in [5, 5.41) is 5.15. The van der Waals surface area contributed by atoms with Crippen molar-refractivity contribution in [1.82, 2.24) is 5.16 Å². The van der Waals surface area contributed by atoms with Crippen LogP contribution in [0.5, 0.6) is 0 Å². The molecule has 0 amide bonds. The zero-order chi connectivity index (χ0) is 15.9. The first-order valence-electron chi connectivity index (χ1n) is 8.13. The van der Waals surface area contributed by atoms with Gasteiger partial charge in [-0.05, 0) is 43.9 Å². The van der Waals surface area contributed by atoms with Gasteiger partial charge in [0.2, 0.25) is 0 Å². The minimum atomic E-state index is 0. The number of hydrogen-bond acceptors (Lipinski definition) is 3. The first kappa shape index (κ1) is 18.2. The van der Waals surface area contributed by atoms with Crippen LogP contribution >= 0.6 is 12.4 Å². The average Bonchev–Trinajstić information content (AvgIpc) is 3.08. The van der Waals surface area contributed by atoms with Crippen LogP contribution < -0.4 is 5.73 Å². The van der Waals surface area contributed by atoms with E-state index in [0.29, 0.717) is 0 Å². The Hall–Kier alpha value is -2.10. The number of benzene rings is 2. The van der Waals surface area contributed by atoms with E-state index in [4.69, 9.17) is 10.3 Å². The summed E-state index contributed by atoms with van der Waals surface area (Å²) in [6.45, 7) is 0.865. The number of fused-ring (bicyclic) bond motifs is 1. The molecular weight excluding hydrogens is 320 g/mol. The van der Waals surface area contributed by atoms with Crippen molar-refractivity contribution in [2.24, 2.45) is 11.7 Å². The Bertz CT molecular complexity index is 767. The van der Waals surface area contributed by atoms with Gasteiger partial charge in [0.15, 0.2) is 5.58 Å². The summed E-state index contributed by atoms with van der Waals surface area (Å²) in [7, 11) is 0. The van der Waals surface area contributed by atoms with Gasteiger partial charge in [0.25, 0.3) is 0 Å². The molecular formula is C20H23ClN2O. The smallest absolute Gasteiger partial charge is 0.167 e. The van der Waals surface area contributed by atoms with Gasteiger partial charge < -0.3 is 10.3 Å². The molecule has 24 heavy (non-hydrogen) atoms. The minimum absolute atomic E-state index is 0. The lowest BCUT2D eigenvalue weighted by Gasteiger charge is -2.13. The highest BCUT2D eigenvalue weighted by Gasteiger charge is 2.08. The van der Waals surface area contributed by atoms with E-state index in [1.165, 1.54) is 19.3 Å². The maximum absolute atomic E-state index is 5.47. The summed E-state index contributed by atoms with van der Waals surface area (Å²) in [4.78, 5) is 0. The fourth-order valence-corrected chi connectivity index (χ4v) is 2.76. The molecule has 1 unspecified atom stereocenters. The Morgan fingerprint density at radius 1 is 1.00 bits per heavy atom. The molecule has 0 radical (unpaired) electrons. The number of aromatic nitrogens is 1. The third-order valence-electron chi connectivity index (χ3n) is 4.14. The molecule has 126 valence electrons. The second-order valence-corrected chi connectivity index (χ2v) is 5.78. The van der Waals surface area contributed by atoms with Crippen LogP contribution in [0.2, 0.25) is 0 Å². The van der Waals surface area contributed by atoms with E-state index in [2.05, 4.69) is 17.3 Å². The largest absolute Gasteiger partial charge is 0.356 e. The van der Waals surface area contributed by atoms with Crippen molar-refractivity contribution in [1.29, 1.82) is 0 Å². The van der Waals surface area contributed by atoms with Crippen molar-refractivity contribution >= 4 is 23.4 Å². The predicted octanol–water partition coefficient (Wildman–Crippen LogP) is 5.22. The number of allylic oxidation sites excluding steroid dienone is 2. The zero-order valence-electron chi connectivity index (χ0n) is 13.6. The molecule has 1 aromatic heterocycles. The van der Waals surface area contributed by atoms with Crippen LogP contribution in [-0.4, -0.2) is 11.7 Å². The van der Waals surface area contributed by atoms with E-state index in [1.54, 1.807) is 0 Å². The van der Waals surface area contributed by atoms with Crippen molar-refractivity contribution in [2.75, 3.05) is 6.54 Å². The second kappa shape index (κ2) is 9.26. The fourth-order valence-electron chi connectivity index (χ4n) is 2.76. The van der Waals surface area contributed by atoms with Crippen LogP contribution in [-0.2, 0) is 0 Å². The average molecular weight is 343 g/mol. The minimum Gasteiger partial charge on any atom is -0.356 e. The number of halogens is 1. The molecule has 1 aliphatic carbocycles. The van der Waals surface area contributed by atoms with Crippen molar-refractivity contribution in [3.8, 4) is 11.3 Å². The lowest BCUT2D eigenvalue weighted by molar-refractivity contribution is 0.459. The molecule has 0 aliphatic heterocycles. The van der Waals surface area contributed by atoms with E-state index in [0.717, 1.165) is 34.7 Å². The van der Waals surface area contributed by atoms with Crippen molar-refractivity contribution in [3.05, 3.63) is 66.7 Å². The first-order chi connectivity index (χ1) is 11.4. The first-order valence-corrected chi connectivity index (χ1v) is 8.13. The Morgan fingerprint density at radius 3 is 2.42 bits per heavy atom. The maximum atomic E-state index is 5.47.